The van der Waals surface area contributed by atoms with Crippen LogP contribution in [0.3, 0.4) is 0 Å². The van der Waals surface area contributed by atoms with Gasteiger partial charge in [-0.15, -0.1) is 0 Å². The van der Waals surface area contributed by atoms with Crippen molar-refractivity contribution in [2.75, 3.05) is 38.6 Å². The average molecular weight is 270 g/mol. The maximum absolute atomic E-state index is 9.21. The summed E-state index contributed by atoms with van der Waals surface area (Å²) in [7, 11) is 4.19. The first-order valence-corrected chi connectivity index (χ1v) is 6.63. The van der Waals surface area contributed by atoms with E-state index >= 15 is 0 Å². The number of pyridine rings is 1. The molecule has 1 aliphatic heterocycles. The zero-order valence-electron chi connectivity index (χ0n) is 10.9. The molecular formula is C13H20ClN3O. The molecule has 0 amide bonds. The molecule has 18 heavy (non-hydrogen) atoms. The van der Waals surface area contributed by atoms with Crippen molar-refractivity contribution in [2.24, 2.45) is 5.92 Å². The third-order valence-electron chi connectivity index (χ3n) is 3.50. The number of hydrogen-bond acceptors (Lipinski definition) is 4. The molecule has 0 saturated carbocycles. The van der Waals surface area contributed by atoms with Gasteiger partial charge in [0.1, 0.15) is 5.82 Å². The van der Waals surface area contributed by atoms with Crippen LogP contribution >= 0.6 is 11.6 Å². The van der Waals surface area contributed by atoms with Gasteiger partial charge in [-0.05, 0) is 32.0 Å². The van der Waals surface area contributed by atoms with Crippen molar-refractivity contribution in [1.29, 1.82) is 0 Å². The lowest BCUT2D eigenvalue weighted by Crippen LogP contribution is -2.27. The Labute approximate surface area is 113 Å². The highest BCUT2D eigenvalue weighted by molar-refractivity contribution is 6.31. The number of likely N-dealkylation sites (tertiary alicyclic amines) is 1. The van der Waals surface area contributed by atoms with Crippen LogP contribution in [0.5, 0.6) is 0 Å². The molecule has 1 saturated heterocycles. The van der Waals surface area contributed by atoms with Crippen LogP contribution in [-0.2, 0) is 6.61 Å². The first-order valence-electron chi connectivity index (χ1n) is 6.25. The maximum atomic E-state index is 9.21. The summed E-state index contributed by atoms with van der Waals surface area (Å²) in [6.45, 7) is 3.26. The second kappa shape index (κ2) is 5.87. The van der Waals surface area contributed by atoms with Crippen LogP contribution < -0.4 is 4.90 Å². The average Bonchev–Trinajstić information content (AvgIpc) is 2.75. The van der Waals surface area contributed by atoms with Crippen molar-refractivity contribution < 1.29 is 5.11 Å². The number of rotatable bonds is 4. The molecule has 1 aromatic heterocycles. The molecule has 0 radical (unpaired) electrons. The van der Waals surface area contributed by atoms with E-state index in [4.69, 9.17) is 11.6 Å². The van der Waals surface area contributed by atoms with Crippen molar-refractivity contribution in [2.45, 2.75) is 13.0 Å². The van der Waals surface area contributed by atoms with E-state index < -0.39 is 0 Å². The van der Waals surface area contributed by atoms with Gasteiger partial charge in [0.15, 0.2) is 0 Å². The van der Waals surface area contributed by atoms with Crippen molar-refractivity contribution in [3.63, 3.8) is 0 Å². The highest BCUT2D eigenvalue weighted by atomic mass is 35.5. The number of halogens is 1. The molecule has 2 heterocycles. The molecule has 1 atom stereocenters. The largest absolute Gasteiger partial charge is 0.392 e. The van der Waals surface area contributed by atoms with Crippen LogP contribution in [0.15, 0.2) is 12.3 Å². The van der Waals surface area contributed by atoms with Gasteiger partial charge in [-0.3, -0.25) is 0 Å². The minimum absolute atomic E-state index is 0.0473. The van der Waals surface area contributed by atoms with Gasteiger partial charge in [0.2, 0.25) is 0 Å². The molecule has 0 aromatic carbocycles. The molecule has 0 bridgehead atoms. The number of aliphatic hydroxyl groups excluding tert-OH is 1. The molecule has 0 spiro atoms. The van der Waals surface area contributed by atoms with Crippen molar-refractivity contribution in [1.82, 2.24) is 9.88 Å². The topological polar surface area (TPSA) is 39.6 Å². The SMILES string of the molecule is CN1CCC(CN(C)c2cc(CO)c(Cl)cn2)C1. The van der Waals surface area contributed by atoms with Gasteiger partial charge >= 0.3 is 0 Å². The Morgan fingerprint density at radius 2 is 2.39 bits per heavy atom. The monoisotopic (exact) mass is 269 g/mol. The number of aromatic nitrogens is 1. The minimum Gasteiger partial charge on any atom is -0.392 e. The number of nitrogens with zero attached hydrogens (tertiary/aromatic N) is 3. The van der Waals surface area contributed by atoms with Crippen LogP contribution in [0.4, 0.5) is 5.82 Å². The molecule has 1 aliphatic rings. The second-order valence-corrected chi connectivity index (χ2v) is 5.50. The molecule has 4 nitrogen and oxygen atoms in total. The predicted molar refractivity (Wildman–Crippen MR) is 74.0 cm³/mol. The molecule has 1 fully saturated rings. The summed E-state index contributed by atoms with van der Waals surface area (Å²) in [6.07, 6.45) is 2.85. The standard InChI is InChI=1S/C13H20ClN3O/c1-16-4-3-10(7-16)8-17(2)13-5-11(9-18)12(14)6-15-13/h5-6,10,18H,3-4,7-9H2,1-2H3. The van der Waals surface area contributed by atoms with Gasteiger partial charge in [0.05, 0.1) is 11.6 Å². The Hall–Kier alpha value is -0.840. The second-order valence-electron chi connectivity index (χ2n) is 5.09. The minimum atomic E-state index is -0.0473. The van der Waals surface area contributed by atoms with Crippen LogP contribution in [0.25, 0.3) is 0 Å². The Kier molecular flexibility index (Phi) is 4.43. The van der Waals surface area contributed by atoms with E-state index in [2.05, 4.69) is 21.8 Å². The maximum Gasteiger partial charge on any atom is 0.128 e. The molecular weight excluding hydrogens is 250 g/mol. The van der Waals surface area contributed by atoms with E-state index in [9.17, 15) is 5.11 Å². The first-order chi connectivity index (χ1) is 8.60. The molecule has 0 aliphatic carbocycles. The fraction of sp³-hybridized carbons (Fsp3) is 0.615. The third-order valence-corrected chi connectivity index (χ3v) is 3.84. The Balaban J connectivity index is 2.02. The summed E-state index contributed by atoms with van der Waals surface area (Å²) in [6, 6.07) is 1.86. The first kappa shape index (κ1) is 13.6. The highest BCUT2D eigenvalue weighted by Gasteiger charge is 2.21. The molecule has 100 valence electrons. The molecule has 5 heteroatoms. The van der Waals surface area contributed by atoms with E-state index in [0.717, 1.165) is 24.5 Å². The van der Waals surface area contributed by atoms with Crippen molar-refractivity contribution in [3.8, 4) is 0 Å². The van der Waals surface area contributed by atoms with Crippen LogP contribution in [0.1, 0.15) is 12.0 Å². The summed E-state index contributed by atoms with van der Waals surface area (Å²) in [5.74, 6) is 1.56. The van der Waals surface area contributed by atoms with E-state index in [1.807, 2.05) is 13.1 Å². The van der Waals surface area contributed by atoms with Crippen LogP contribution in [0, 0.1) is 5.92 Å². The predicted octanol–water partition coefficient (Wildman–Crippen LogP) is 1.62. The number of hydrogen-bond donors (Lipinski definition) is 1. The van der Waals surface area contributed by atoms with Gasteiger partial charge in [-0.1, -0.05) is 11.6 Å². The summed E-state index contributed by atoms with van der Waals surface area (Å²) in [5.41, 5.74) is 0.733. The summed E-state index contributed by atoms with van der Waals surface area (Å²) in [5, 5.41) is 9.73. The van der Waals surface area contributed by atoms with Crippen LogP contribution in [-0.4, -0.2) is 48.7 Å². The molecule has 1 N–H and O–H groups in total. The van der Waals surface area contributed by atoms with Gasteiger partial charge in [-0.25, -0.2) is 4.98 Å². The Morgan fingerprint density at radius 3 is 3.00 bits per heavy atom. The smallest absolute Gasteiger partial charge is 0.128 e. The Morgan fingerprint density at radius 1 is 1.61 bits per heavy atom. The third kappa shape index (κ3) is 3.13. The van der Waals surface area contributed by atoms with Gasteiger partial charge in [-0.2, -0.15) is 0 Å². The fourth-order valence-corrected chi connectivity index (χ4v) is 2.62. The zero-order valence-corrected chi connectivity index (χ0v) is 11.7. The number of anilines is 1. The molecule has 2 rings (SSSR count). The Bertz CT molecular complexity index is 413. The van der Waals surface area contributed by atoms with Crippen LogP contribution in [0.2, 0.25) is 5.02 Å². The quantitative estimate of drug-likeness (QED) is 0.902. The molecule has 1 unspecified atom stereocenters. The van der Waals surface area contributed by atoms with Crippen molar-refractivity contribution >= 4 is 17.4 Å². The summed E-state index contributed by atoms with van der Waals surface area (Å²) >= 11 is 5.94. The van der Waals surface area contributed by atoms with E-state index in [1.54, 1.807) is 6.20 Å². The summed E-state index contributed by atoms with van der Waals surface area (Å²) in [4.78, 5) is 8.81. The summed E-state index contributed by atoms with van der Waals surface area (Å²) < 4.78 is 0. The van der Waals surface area contributed by atoms with Crippen molar-refractivity contribution in [3.05, 3.63) is 22.8 Å². The zero-order chi connectivity index (χ0) is 13.1. The van der Waals surface area contributed by atoms with Gasteiger partial charge in [0, 0.05) is 31.9 Å². The van der Waals surface area contributed by atoms with Gasteiger partial charge < -0.3 is 14.9 Å². The van der Waals surface area contributed by atoms with E-state index in [0.29, 0.717) is 10.9 Å². The highest BCUT2D eigenvalue weighted by Crippen LogP contribution is 2.22. The normalized spacial score (nSPS) is 20.3. The van der Waals surface area contributed by atoms with Gasteiger partial charge in [0.25, 0.3) is 0 Å². The lowest BCUT2D eigenvalue weighted by molar-refractivity contribution is 0.282. The number of aliphatic hydroxyl groups is 1. The van der Waals surface area contributed by atoms with E-state index in [-0.39, 0.29) is 6.61 Å². The van der Waals surface area contributed by atoms with E-state index in [1.165, 1.54) is 13.0 Å². The lowest BCUT2D eigenvalue weighted by Gasteiger charge is -2.22. The fourth-order valence-electron chi connectivity index (χ4n) is 2.45. The molecule has 1 aromatic rings. The lowest BCUT2D eigenvalue weighted by atomic mass is 10.1.